The minimum absolute atomic E-state index is 0.0551. The molecule has 0 aromatic carbocycles. The molecule has 0 aliphatic carbocycles. The molecule has 0 bridgehead atoms. The predicted molar refractivity (Wildman–Crippen MR) is 92.2 cm³/mol. The van der Waals surface area contributed by atoms with Gasteiger partial charge in [0.1, 0.15) is 17.2 Å². The highest BCUT2D eigenvalue weighted by Crippen LogP contribution is 2.13. The molecule has 0 aliphatic rings. The fourth-order valence-corrected chi connectivity index (χ4v) is 2.49. The number of nitrogens with one attached hydrogen (secondary N) is 2. The lowest BCUT2D eigenvalue weighted by Gasteiger charge is -2.17. The van der Waals surface area contributed by atoms with Gasteiger partial charge in [0.25, 0.3) is 5.56 Å². The monoisotopic (exact) mass is 356 g/mol. The summed E-state index contributed by atoms with van der Waals surface area (Å²) in [5, 5.41) is 12.1. The molecule has 1 heterocycles. The number of hydrogen-bond acceptors (Lipinski definition) is 4. The van der Waals surface area contributed by atoms with Crippen LogP contribution >= 0.6 is 15.9 Å². The van der Waals surface area contributed by atoms with Crippen molar-refractivity contribution in [2.75, 3.05) is 17.2 Å². The van der Waals surface area contributed by atoms with Gasteiger partial charge in [-0.1, -0.05) is 36.2 Å². The van der Waals surface area contributed by atoms with Crippen LogP contribution < -0.4 is 10.9 Å². The number of alkyl halides is 1. The van der Waals surface area contributed by atoms with Gasteiger partial charge in [-0.05, 0) is 19.8 Å². The third kappa shape index (κ3) is 4.40. The van der Waals surface area contributed by atoms with E-state index in [2.05, 4.69) is 26.2 Å². The van der Waals surface area contributed by atoms with Crippen molar-refractivity contribution in [3.8, 4) is 0 Å². The molecule has 5 nitrogen and oxygen atoms in total. The number of anilines is 1. The van der Waals surface area contributed by atoms with Gasteiger partial charge < -0.3 is 10.7 Å². The normalized spacial score (nSPS) is 10.7. The Balaban J connectivity index is 3.40. The van der Waals surface area contributed by atoms with Gasteiger partial charge in [0, 0.05) is 24.8 Å². The summed E-state index contributed by atoms with van der Waals surface area (Å²) in [6, 6.07) is 0. The Morgan fingerprint density at radius 3 is 2.62 bits per heavy atom. The fraction of sp³-hybridized carbons (Fsp3) is 0.667. The first-order chi connectivity index (χ1) is 10.1. The second-order valence-electron chi connectivity index (χ2n) is 4.86. The van der Waals surface area contributed by atoms with Crippen molar-refractivity contribution in [3.63, 3.8) is 0 Å². The smallest absolute Gasteiger partial charge is 0.277 e. The Labute approximate surface area is 134 Å². The molecular formula is C15H25BrN4O. The number of aromatic nitrogens is 2. The summed E-state index contributed by atoms with van der Waals surface area (Å²) in [7, 11) is 0. The molecule has 1 aromatic rings. The molecule has 2 N–H and O–H groups in total. The Morgan fingerprint density at radius 2 is 2.10 bits per heavy atom. The van der Waals surface area contributed by atoms with Crippen molar-refractivity contribution in [2.24, 2.45) is 0 Å². The van der Waals surface area contributed by atoms with E-state index in [4.69, 9.17) is 5.41 Å². The summed E-state index contributed by atoms with van der Waals surface area (Å²) >= 11 is 3.40. The lowest BCUT2D eigenvalue weighted by Crippen LogP contribution is -2.31. The van der Waals surface area contributed by atoms with Gasteiger partial charge in [0.15, 0.2) is 0 Å². The molecule has 0 unspecified atom stereocenters. The summed E-state index contributed by atoms with van der Waals surface area (Å²) in [5.74, 6) is 0.762. The largest absolute Gasteiger partial charge is 0.379 e. The van der Waals surface area contributed by atoms with E-state index in [9.17, 15) is 4.79 Å². The van der Waals surface area contributed by atoms with E-state index >= 15 is 0 Å². The average molecular weight is 357 g/mol. The van der Waals surface area contributed by atoms with E-state index in [0.29, 0.717) is 43.0 Å². The molecule has 1 aromatic heterocycles. The topological polar surface area (TPSA) is 70.8 Å². The number of halogens is 1. The second-order valence-corrected chi connectivity index (χ2v) is 5.66. The van der Waals surface area contributed by atoms with Gasteiger partial charge in [0.2, 0.25) is 0 Å². The first kappa shape index (κ1) is 17.9. The molecule has 118 valence electrons. The van der Waals surface area contributed by atoms with Crippen molar-refractivity contribution >= 4 is 27.3 Å². The summed E-state index contributed by atoms with van der Waals surface area (Å²) in [4.78, 5) is 17.3. The highest BCUT2D eigenvalue weighted by molar-refractivity contribution is 9.09. The summed E-state index contributed by atoms with van der Waals surface area (Å²) in [5.41, 5.74) is 1.38. The molecular weight excluding hydrogens is 332 g/mol. The number of nitrogens with zero attached hydrogens (tertiary/aromatic N) is 2. The Hall–Kier alpha value is -1.17. The molecule has 0 spiro atoms. The van der Waals surface area contributed by atoms with Crippen LogP contribution in [0.3, 0.4) is 0 Å². The van der Waals surface area contributed by atoms with Gasteiger partial charge in [-0.3, -0.25) is 9.36 Å². The minimum Gasteiger partial charge on any atom is -0.379 e. The van der Waals surface area contributed by atoms with Crippen molar-refractivity contribution in [2.45, 2.75) is 53.0 Å². The van der Waals surface area contributed by atoms with Crippen molar-refractivity contribution in [3.05, 3.63) is 21.9 Å². The van der Waals surface area contributed by atoms with Gasteiger partial charge >= 0.3 is 0 Å². The molecule has 1 rings (SSSR count). The number of hydrogen-bond donors (Lipinski definition) is 2. The summed E-state index contributed by atoms with van der Waals surface area (Å²) in [6.07, 6.45) is 3.09. The third-order valence-electron chi connectivity index (χ3n) is 3.22. The lowest BCUT2D eigenvalue weighted by molar-refractivity contribution is 0.606. The van der Waals surface area contributed by atoms with E-state index < -0.39 is 0 Å². The second kappa shape index (κ2) is 8.97. The third-order valence-corrected chi connectivity index (χ3v) is 3.78. The Morgan fingerprint density at radius 1 is 1.38 bits per heavy atom. The van der Waals surface area contributed by atoms with E-state index in [1.807, 2.05) is 20.8 Å². The first-order valence-electron chi connectivity index (χ1n) is 7.61. The van der Waals surface area contributed by atoms with Gasteiger partial charge in [-0.25, -0.2) is 4.98 Å². The van der Waals surface area contributed by atoms with E-state index in [1.54, 1.807) is 4.57 Å². The summed E-state index contributed by atoms with van der Waals surface area (Å²) < 4.78 is 1.74. The minimum atomic E-state index is -0.0551. The highest BCUT2D eigenvalue weighted by atomic mass is 79.9. The first-order valence-corrected chi connectivity index (χ1v) is 8.74. The molecule has 0 saturated heterocycles. The maximum Gasteiger partial charge on any atom is 0.277 e. The van der Waals surface area contributed by atoms with Crippen LogP contribution in [-0.2, 0) is 13.0 Å². The van der Waals surface area contributed by atoms with Crippen LogP contribution in [0.5, 0.6) is 0 Å². The van der Waals surface area contributed by atoms with E-state index in [0.717, 1.165) is 24.0 Å². The Bertz CT molecular complexity index is 539. The fourth-order valence-electron chi connectivity index (χ4n) is 2.24. The van der Waals surface area contributed by atoms with Crippen LogP contribution in [-0.4, -0.2) is 27.1 Å². The van der Waals surface area contributed by atoms with Crippen LogP contribution in [0.15, 0.2) is 4.79 Å². The lowest BCUT2D eigenvalue weighted by atomic mass is 10.1. The molecule has 6 heteroatoms. The highest BCUT2D eigenvalue weighted by Gasteiger charge is 2.17. The van der Waals surface area contributed by atoms with E-state index in [-0.39, 0.29) is 5.56 Å². The molecule has 0 fully saturated rings. The zero-order valence-electron chi connectivity index (χ0n) is 13.1. The maximum absolute atomic E-state index is 12.7. The van der Waals surface area contributed by atoms with Gasteiger partial charge in [-0.2, -0.15) is 0 Å². The molecule has 0 radical (unpaired) electrons. The van der Waals surface area contributed by atoms with Crippen LogP contribution in [0.4, 0.5) is 5.69 Å². The number of aryl methyl sites for hydroxylation is 1. The molecule has 0 amide bonds. The predicted octanol–water partition coefficient (Wildman–Crippen LogP) is 3.19. The molecule has 21 heavy (non-hydrogen) atoms. The van der Waals surface area contributed by atoms with Crippen molar-refractivity contribution in [1.82, 2.24) is 9.55 Å². The molecule has 0 atom stereocenters. The van der Waals surface area contributed by atoms with Crippen LogP contribution in [0.1, 0.15) is 51.6 Å². The van der Waals surface area contributed by atoms with Crippen molar-refractivity contribution < 1.29 is 0 Å². The maximum atomic E-state index is 12.7. The SMILES string of the molecule is CCCC(=N)c1nc(CC)n(CCCBr)c(=O)c1NCC. The zero-order valence-corrected chi connectivity index (χ0v) is 14.7. The van der Waals surface area contributed by atoms with Gasteiger partial charge in [0.05, 0.1) is 5.71 Å². The summed E-state index contributed by atoms with van der Waals surface area (Å²) in [6.45, 7) is 7.27. The van der Waals surface area contributed by atoms with Crippen LogP contribution in [0.2, 0.25) is 0 Å². The molecule has 0 saturated carbocycles. The number of rotatable bonds is 9. The van der Waals surface area contributed by atoms with E-state index in [1.165, 1.54) is 0 Å². The van der Waals surface area contributed by atoms with Crippen LogP contribution in [0, 0.1) is 5.41 Å². The van der Waals surface area contributed by atoms with Crippen molar-refractivity contribution in [1.29, 1.82) is 5.41 Å². The quantitative estimate of drug-likeness (QED) is 0.527. The Kier molecular flexibility index (Phi) is 7.64. The van der Waals surface area contributed by atoms with Crippen LogP contribution in [0.25, 0.3) is 0 Å². The van der Waals surface area contributed by atoms with Gasteiger partial charge in [-0.15, -0.1) is 0 Å². The molecule has 0 aliphatic heterocycles. The average Bonchev–Trinajstić information content (AvgIpc) is 2.48. The zero-order chi connectivity index (χ0) is 15.8. The standard InChI is InChI=1S/C15H25BrN4O/c1-4-8-11(17)13-14(18-6-3)15(21)20(10-7-9-16)12(5-2)19-13/h17-18H,4-10H2,1-3H3.